The smallest absolute Gasteiger partial charge is 0.251 e. The number of amides is 2. The highest BCUT2D eigenvalue weighted by molar-refractivity contribution is 5.99. The minimum atomic E-state index is -0.408. The molecule has 0 saturated heterocycles. The van der Waals surface area contributed by atoms with Gasteiger partial charge in [0, 0.05) is 17.0 Å². The molecule has 2 amide bonds. The number of benzene rings is 2. The van der Waals surface area contributed by atoms with Crippen molar-refractivity contribution in [3.8, 4) is 11.5 Å². The lowest BCUT2D eigenvalue weighted by Crippen LogP contribution is -2.33. The summed E-state index contributed by atoms with van der Waals surface area (Å²) in [6.07, 6.45) is 0. The number of hydrogen-bond acceptors (Lipinski definition) is 5. The van der Waals surface area contributed by atoms with Gasteiger partial charge in [-0.3, -0.25) is 9.59 Å². The van der Waals surface area contributed by atoms with Crippen molar-refractivity contribution in [1.29, 1.82) is 0 Å². The standard InChI is InChI=1S/C20H19N3O4/c1-26-15-9-14(10-16(11-15)27-2)20(25)21-12-19(24)23-18-8-7-13-5-3-4-6-17(13)22-18/h3-11H,12H2,1-2H3,(H,21,25)(H,22,23,24). The Morgan fingerprint density at radius 2 is 1.67 bits per heavy atom. The van der Waals surface area contributed by atoms with Crippen molar-refractivity contribution in [1.82, 2.24) is 10.3 Å². The number of rotatable bonds is 6. The number of hydrogen-bond donors (Lipinski definition) is 2. The summed E-state index contributed by atoms with van der Waals surface area (Å²) in [4.78, 5) is 28.8. The fourth-order valence-electron chi connectivity index (χ4n) is 2.52. The van der Waals surface area contributed by atoms with Crippen LogP contribution in [0.5, 0.6) is 11.5 Å². The molecule has 2 aromatic carbocycles. The molecule has 3 aromatic rings. The second-order valence-electron chi connectivity index (χ2n) is 5.72. The maximum Gasteiger partial charge on any atom is 0.251 e. The van der Waals surface area contributed by atoms with E-state index in [9.17, 15) is 9.59 Å². The van der Waals surface area contributed by atoms with Gasteiger partial charge in [0.15, 0.2) is 0 Å². The Balaban J connectivity index is 1.62. The third-order valence-corrected chi connectivity index (χ3v) is 3.89. The third-order valence-electron chi connectivity index (χ3n) is 3.89. The predicted molar refractivity (Wildman–Crippen MR) is 102 cm³/mol. The van der Waals surface area contributed by atoms with Crippen LogP contribution in [0.15, 0.2) is 54.6 Å². The Morgan fingerprint density at radius 3 is 2.37 bits per heavy atom. The molecule has 138 valence electrons. The number of methoxy groups -OCH3 is 2. The molecular formula is C20H19N3O4. The van der Waals surface area contributed by atoms with Crippen LogP contribution in [-0.4, -0.2) is 37.6 Å². The Hall–Kier alpha value is -3.61. The SMILES string of the molecule is COc1cc(OC)cc(C(=O)NCC(=O)Nc2ccc3ccccc3n2)c1. The van der Waals surface area contributed by atoms with Crippen LogP contribution in [0, 0.1) is 0 Å². The zero-order valence-electron chi connectivity index (χ0n) is 15.0. The van der Waals surface area contributed by atoms with Gasteiger partial charge in [0.2, 0.25) is 5.91 Å². The lowest BCUT2D eigenvalue weighted by molar-refractivity contribution is -0.115. The molecule has 0 aliphatic rings. The second-order valence-corrected chi connectivity index (χ2v) is 5.72. The van der Waals surface area contributed by atoms with E-state index in [0.717, 1.165) is 10.9 Å². The molecule has 7 heteroatoms. The van der Waals surface area contributed by atoms with Crippen LogP contribution in [0.25, 0.3) is 10.9 Å². The Morgan fingerprint density at radius 1 is 0.963 bits per heavy atom. The second kappa shape index (κ2) is 8.18. The molecular weight excluding hydrogens is 346 g/mol. The third kappa shape index (κ3) is 4.52. The molecule has 7 nitrogen and oxygen atoms in total. The van der Waals surface area contributed by atoms with Crippen LogP contribution in [0.3, 0.4) is 0 Å². The minimum Gasteiger partial charge on any atom is -0.497 e. The average molecular weight is 365 g/mol. The van der Waals surface area contributed by atoms with E-state index in [1.54, 1.807) is 24.3 Å². The first kappa shape index (κ1) is 18.2. The zero-order chi connectivity index (χ0) is 19.2. The maximum absolute atomic E-state index is 12.3. The van der Waals surface area contributed by atoms with Gasteiger partial charge in [-0.25, -0.2) is 4.98 Å². The van der Waals surface area contributed by atoms with Crippen LogP contribution in [0.2, 0.25) is 0 Å². The summed E-state index contributed by atoms with van der Waals surface area (Å²) in [6.45, 7) is -0.188. The van der Waals surface area contributed by atoms with E-state index in [1.807, 2.05) is 30.3 Å². The summed E-state index contributed by atoms with van der Waals surface area (Å²) in [5.74, 6) is 0.624. The molecule has 0 fully saturated rings. The Labute approximate surface area is 156 Å². The molecule has 3 rings (SSSR count). The van der Waals surface area contributed by atoms with Crippen molar-refractivity contribution in [2.75, 3.05) is 26.1 Å². The monoisotopic (exact) mass is 365 g/mol. The number of fused-ring (bicyclic) bond motifs is 1. The highest BCUT2D eigenvalue weighted by Crippen LogP contribution is 2.22. The molecule has 0 spiro atoms. The van der Waals surface area contributed by atoms with E-state index in [0.29, 0.717) is 22.9 Å². The topological polar surface area (TPSA) is 89.5 Å². The number of aromatic nitrogens is 1. The number of nitrogens with zero attached hydrogens (tertiary/aromatic N) is 1. The molecule has 1 heterocycles. The van der Waals surface area contributed by atoms with Gasteiger partial charge < -0.3 is 20.1 Å². The minimum absolute atomic E-state index is 0.188. The number of para-hydroxylation sites is 1. The highest BCUT2D eigenvalue weighted by atomic mass is 16.5. The first-order chi connectivity index (χ1) is 13.1. The normalized spacial score (nSPS) is 10.3. The fourth-order valence-corrected chi connectivity index (χ4v) is 2.52. The molecule has 0 atom stereocenters. The van der Waals surface area contributed by atoms with Gasteiger partial charge in [0.05, 0.1) is 26.3 Å². The molecule has 27 heavy (non-hydrogen) atoms. The van der Waals surface area contributed by atoms with Gasteiger partial charge in [0.25, 0.3) is 5.91 Å². The van der Waals surface area contributed by atoms with E-state index in [2.05, 4.69) is 15.6 Å². The molecule has 2 N–H and O–H groups in total. The van der Waals surface area contributed by atoms with Gasteiger partial charge in [-0.1, -0.05) is 18.2 Å². The molecule has 0 aliphatic carbocycles. The zero-order valence-corrected chi connectivity index (χ0v) is 15.0. The number of ether oxygens (including phenoxy) is 2. The summed E-state index contributed by atoms with van der Waals surface area (Å²) < 4.78 is 10.3. The lowest BCUT2D eigenvalue weighted by Gasteiger charge is -2.10. The van der Waals surface area contributed by atoms with E-state index in [1.165, 1.54) is 14.2 Å². The van der Waals surface area contributed by atoms with E-state index in [4.69, 9.17) is 9.47 Å². The largest absolute Gasteiger partial charge is 0.497 e. The molecule has 0 aliphatic heterocycles. The number of nitrogens with one attached hydrogen (secondary N) is 2. The summed E-state index contributed by atoms with van der Waals surface area (Å²) in [7, 11) is 3.00. The van der Waals surface area contributed by atoms with Gasteiger partial charge in [-0.2, -0.15) is 0 Å². The van der Waals surface area contributed by atoms with Crippen LogP contribution in [0.4, 0.5) is 5.82 Å². The lowest BCUT2D eigenvalue weighted by atomic mass is 10.2. The quantitative estimate of drug-likeness (QED) is 0.701. The summed E-state index contributed by atoms with van der Waals surface area (Å²) in [6, 6.07) is 16.0. The van der Waals surface area contributed by atoms with E-state index in [-0.39, 0.29) is 12.5 Å². The Bertz CT molecular complexity index is 966. The average Bonchev–Trinajstić information content (AvgIpc) is 2.71. The molecule has 0 bridgehead atoms. The predicted octanol–water partition coefficient (Wildman–Crippen LogP) is 2.62. The Kier molecular flexibility index (Phi) is 5.51. The first-order valence-corrected chi connectivity index (χ1v) is 8.26. The number of anilines is 1. The highest BCUT2D eigenvalue weighted by Gasteiger charge is 2.12. The fraction of sp³-hybridized carbons (Fsp3) is 0.150. The van der Waals surface area contributed by atoms with Gasteiger partial charge in [-0.05, 0) is 30.3 Å². The van der Waals surface area contributed by atoms with Crippen molar-refractivity contribution >= 4 is 28.5 Å². The van der Waals surface area contributed by atoms with Crippen LogP contribution >= 0.6 is 0 Å². The molecule has 0 radical (unpaired) electrons. The number of carbonyl (C=O) groups excluding carboxylic acids is 2. The van der Waals surface area contributed by atoms with Crippen molar-refractivity contribution in [3.05, 3.63) is 60.2 Å². The molecule has 1 aromatic heterocycles. The van der Waals surface area contributed by atoms with E-state index < -0.39 is 5.91 Å². The molecule has 0 saturated carbocycles. The van der Waals surface area contributed by atoms with Crippen molar-refractivity contribution in [2.24, 2.45) is 0 Å². The summed E-state index contributed by atoms with van der Waals surface area (Å²) in [5, 5.41) is 6.22. The summed E-state index contributed by atoms with van der Waals surface area (Å²) in [5.41, 5.74) is 1.12. The summed E-state index contributed by atoms with van der Waals surface area (Å²) >= 11 is 0. The van der Waals surface area contributed by atoms with Gasteiger partial charge in [0.1, 0.15) is 17.3 Å². The van der Waals surface area contributed by atoms with Gasteiger partial charge in [-0.15, -0.1) is 0 Å². The number of pyridine rings is 1. The van der Waals surface area contributed by atoms with Crippen LogP contribution < -0.4 is 20.1 Å². The van der Waals surface area contributed by atoms with Crippen molar-refractivity contribution < 1.29 is 19.1 Å². The molecule has 0 unspecified atom stereocenters. The maximum atomic E-state index is 12.3. The van der Waals surface area contributed by atoms with Crippen LogP contribution in [-0.2, 0) is 4.79 Å². The van der Waals surface area contributed by atoms with Crippen molar-refractivity contribution in [3.63, 3.8) is 0 Å². The van der Waals surface area contributed by atoms with Crippen molar-refractivity contribution in [2.45, 2.75) is 0 Å². The first-order valence-electron chi connectivity index (χ1n) is 8.26. The van der Waals surface area contributed by atoms with Gasteiger partial charge >= 0.3 is 0 Å². The number of carbonyl (C=O) groups is 2. The van der Waals surface area contributed by atoms with E-state index >= 15 is 0 Å². The van der Waals surface area contributed by atoms with Crippen LogP contribution in [0.1, 0.15) is 10.4 Å².